The highest BCUT2D eigenvalue weighted by Gasteiger charge is 2.22. The first-order valence-electron chi connectivity index (χ1n) is 5.69. The monoisotopic (exact) mass is 223 g/mol. The maximum atomic E-state index is 11.4. The van der Waals surface area contributed by atoms with E-state index in [1.165, 1.54) is 0 Å². The molecular weight excluding hydrogens is 206 g/mol. The fraction of sp³-hybridized carbons (Fsp3) is 0.636. The summed E-state index contributed by atoms with van der Waals surface area (Å²) in [7, 11) is 0. The van der Waals surface area contributed by atoms with E-state index in [-0.39, 0.29) is 12.5 Å². The van der Waals surface area contributed by atoms with Gasteiger partial charge in [0.15, 0.2) is 0 Å². The molecule has 1 aromatic rings. The summed E-state index contributed by atoms with van der Waals surface area (Å²) >= 11 is 0. The quantitative estimate of drug-likeness (QED) is 0.735. The summed E-state index contributed by atoms with van der Waals surface area (Å²) in [5.74, 6) is 0.133. The van der Waals surface area contributed by atoms with Crippen LogP contribution >= 0.6 is 0 Å². The number of aliphatic hydroxyl groups excluding tert-OH is 1. The van der Waals surface area contributed by atoms with E-state index in [1.54, 1.807) is 12.5 Å². The molecule has 2 N–H and O–H groups in total. The largest absolute Gasteiger partial charge is 0.390 e. The number of rotatable bonds is 6. The Hall–Kier alpha value is -1.36. The van der Waals surface area contributed by atoms with Crippen LogP contribution in [-0.4, -0.2) is 26.6 Å². The zero-order valence-corrected chi connectivity index (χ0v) is 9.22. The van der Waals surface area contributed by atoms with Gasteiger partial charge in [0, 0.05) is 19.0 Å². The summed E-state index contributed by atoms with van der Waals surface area (Å²) in [5, 5.41) is 12.0. The van der Waals surface area contributed by atoms with Gasteiger partial charge < -0.3 is 15.0 Å². The minimum atomic E-state index is -0.00568. The second-order valence-electron chi connectivity index (χ2n) is 4.18. The minimum Gasteiger partial charge on any atom is -0.390 e. The lowest BCUT2D eigenvalue weighted by atomic mass is 10.3. The highest BCUT2D eigenvalue weighted by Crippen LogP contribution is 2.18. The van der Waals surface area contributed by atoms with Crippen LogP contribution in [0.5, 0.6) is 0 Å². The average molecular weight is 223 g/mol. The number of nitrogens with zero attached hydrogens (tertiary/aromatic N) is 2. The number of carbonyl (C=O) groups is 1. The topological polar surface area (TPSA) is 67.2 Å². The average Bonchev–Trinajstić information content (AvgIpc) is 2.96. The van der Waals surface area contributed by atoms with Crippen molar-refractivity contribution >= 4 is 5.91 Å². The fourth-order valence-corrected chi connectivity index (χ4v) is 1.62. The summed E-state index contributed by atoms with van der Waals surface area (Å²) in [5.41, 5.74) is 0.794. The molecule has 1 amide bonds. The third-order valence-electron chi connectivity index (χ3n) is 2.71. The maximum absolute atomic E-state index is 11.4. The Kier molecular flexibility index (Phi) is 3.56. The van der Waals surface area contributed by atoms with Gasteiger partial charge in [-0.25, -0.2) is 4.98 Å². The summed E-state index contributed by atoms with van der Waals surface area (Å²) in [4.78, 5) is 15.3. The molecule has 5 heteroatoms. The molecule has 1 heterocycles. The van der Waals surface area contributed by atoms with E-state index in [1.807, 2.05) is 4.57 Å². The van der Waals surface area contributed by atoms with Crippen molar-refractivity contribution in [1.82, 2.24) is 14.9 Å². The second kappa shape index (κ2) is 5.12. The highest BCUT2D eigenvalue weighted by molar-refractivity contribution is 5.76. The van der Waals surface area contributed by atoms with Crippen LogP contribution in [0.15, 0.2) is 12.5 Å². The van der Waals surface area contributed by atoms with Gasteiger partial charge in [-0.3, -0.25) is 4.79 Å². The van der Waals surface area contributed by atoms with E-state index in [4.69, 9.17) is 5.11 Å². The summed E-state index contributed by atoms with van der Waals surface area (Å²) < 4.78 is 1.88. The lowest BCUT2D eigenvalue weighted by Gasteiger charge is -2.06. The van der Waals surface area contributed by atoms with Crippen molar-refractivity contribution in [3.8, 4) is 0 Å². The summed E-state index contributed by atoms with van der Waals surface area (Å²) in [6.45, 7) is 0.724. The number of nitrogens with one attached hydrogen (secondary N) is 1. The van der Waals surface area contributed by atoms with Gasteiger partial charge in [0.05, 0.1) is 24.8 Å². The molecular formula is C11H17N3O2. The van der Waals surface area contributed by atoms with Gasteiger partial charge in [0.2, 0.25) is 5.91 Å². The molecule has 0 aromatic carbocycles. The van der Waals surface area contributed by atoms with Crippen molar-refractivity contribution in [2.75, 3.05) is 0 Å². The Balaban J connectivity index is 1.68. The Morgan fingerprint density at radius 3 is 3.12 bits per heavy atom. The van der Waals surface area contributed by atoms with Crippen LogP contribution < -0.4 is 5.32 Å². The number of aryl methyl sites for hydroxylation is 1. The van der Waals surface area contributed by atoms with E-state index in [9.17, 15) is 4.79 Å². The van der Waals surface area contributed by atoms with Crippen molar-refractivity contribution in [2.24, 2.45) is 0 Å². The summed E-state index contributed by atoms with van der Waals surface area (Å²) in [6, 6.07) is 0.439. The van der Waals surface area contributed by atoms with Gasteiger partial charge in [-0.15, -0.1) is 0 Å². The lowest BCUT2D eigenvalue weighted by Crippen LogP contribution is -2.25. The SMILES string of the molecule is O=C(CCCn1cncc1CO)NC1CC1. The first kappa shape index (κ1) is 11.1. The number of hydrogen-bond acceptors (Lipinski definition) is 3. The molecule has 1 aromatic heterocycles. The predicted octanol–water partition coefficient (Wildman–Crippen LogP) is 0.434. The van der Waals surface area contributed by atoms with Gasteiger partial charge in [-0.05, 0) is 19.3 Å². The molecule has 0 atom stereocenters. The van der Waals surface area contributed by atoms with E-state index in [0.717, 1.165) is 31.5 Å². The molecule has 5 nitrogen and oxygen atoms in total. The lowest BCUT2D eigenvalue weighted by molar-refractivity contribution is -0.121. The molecule has 88 valence electrons. The molecule has 1 saturated carbocycles. The van der Waals surface area contributed by atoms with E-state index in [2.05, 4.69) is 10.3 Å². The van der Waals surface area contributed by atoms with Gasteiger partial charge in [0.1, 0.15) is 0 Å². The van der Waals surface area contributed by atoms with Gasteiger partial charge in [-0.2, -0.15) is 0 Å². The van der Waals surface area contributed by atoms with Crippen LogP contribution in [0, 0.1) is 0 Å². The third-order valence-corrected chi connectivity index (χ3v) is 2.71. The fourth-order valence-electron chi connectivity index (χ4n) is 1.62. The van der Waals surface area contributed by atoms with Crippen LogP contribution in [0.1, 0.15) is 31.4 Å². The maximum Gasteiger partial charge on any atom is 0.220 e. The Bertz CT molecular complexity index is 358. The van der Waals surface area contributed by atoms with Crippen LogP contribution in [-0.2, 0) is 17.9 Å². The van der Waals surface area contributed by atoms with Crippen molar-refractivity contribution in [3.05, 3.63) is 18.2 Å². The number of amides is 1. The summed E-state index contributed by atoms with van der Waals surface area (Å²) in [6.07, 6.45) is 6.90. The van der Waals surface area contributed by atoms with E-state index in [0.29, 0.717) is 12.5 Å². The standard InChI is InChI=1S/C11H17N3O2/c15-7-10-6-12-8-14(10)5-1-2-11(16)13-9-3-4-9/h6,8-9,15H,1-5,7H2,(H,13,16). The molecule has 0 aliphatic heterocycles. The van der Waals surface area contributed by atoms with Crippen LogP contribution in [0.3, 0.4) is 0 Å². The normalized spacial score (nSPS) is 15.1. The molecule has 2 rings (SSSR count). The molecule has 0 saturated heterocycles. The van der Waals surface area contributed by atoms with Gasteiger partial charge >= 0.3 is 0 Å². The Morgan fingerprint density at radius 2 is 2.44 bits per heavy atom. The van der Waals surface area contributed by atoms with Gasteiger partial charge in [0.25, 0.3) is 0 Å². The molecule has 0 unspecified atom stereocenters. The van der Waals surface area contributed by atoms with E-state index >= 15 is 0 Å². The second-order valence-corrected chi connectivity index (χ2v) is 4.18. The number of aliphatic hydroxyl groups is 1. The molecule has 0 radical (unpaired) electrons. The molecule has 0 spiro atoms. The zero-order valence-electron chi connectivity index (χ0n) is 9.22. The van der Waals surface area contributed by atoms with Crippen LogP contribution in [0.4, 0.5) is 0 Å². The molecule has 1 aliphatic carbocycles. The molecule has 1 fully saturated rings. The number of hydrogen-bond donors (Lipinski definition) is 2. The molecule has 1 aliphatic rings. The Labute approximate surface area is 94.5 Å². The predicted molar refractivity (Wildman–Crippen MR) is 58.5 cm³/mol. The third kappa shape index (κ3) is 3.06. The van der Waals surface area contributed by atoms with Crippen LogP contribution in [0.2, 0.25) is 0 Å². The zero-order chi connectivity index (χ0) is 11.4. The first-order chi connectivity index (χ1) is 7.79. The van der Waals surface area contributed by atoms with Crippen molar-refractivity contribution < 1.29 is 9.90 Å². The minimum absolute atomic E-state index is 0.00568. The molecule has 16 heavy (non-hydrogen) atoms. The van der Waals surface area contributed by atoms with Crippen LogP contribution in [0.25, 0.3) is 0 Å². The number of carbonyl (C=O) groups excluding carboxylic acids is 1. The van der Waals surface area contributed by atoms with Crippen molar-refractivity contribution in [3.63, 3.8) is 0 Å². The molecule has 0 bridgehead atoms. The smallest absolute Gasteiger partial charge is 0.220 e. The van der Waals surface area contributed by atoms with Crippen molar-refractivity contribution in [2.45, 2.75) is 44.9 Å². The number of imidazole rings is 1. The van der Waals surface area contributed by atoms with Crippen molar-refractivity contribution in [1.29, 1.82) is 0 Å². The van der Waals surface area contributed by atoms with Gasteiger partial charge in [-0.1, -0.05) is 0 Å². The first-order valence-corrected chi connectivity index (χ1v) is 5.69. The highest BCUT2D eigenvalue weighted by atomic mass is 16.3. The number of aromatic nitrogens is 2. The Morgan fingerprint density at radius 1 is 1.62 bits per heavy atom. The van der Waals surface area contributed by atoms with E-state index < -0.39 is 0 Å².